The minimum Gasteiger partial charge on any atom is -0.379 e. The number of benzene rings is 1. The van der Waals surface area contributed by atoms with E-state index in [9.17, 15) is 8.42 Å². The summed E-state index contributed by atoms with van der Waals surface area (Å²) in [5.74, 6) is 0. The van der Waals surface area contributed by atoms with Crippen LogP contribution in [0.25, 0.3) is 0 Å². The van der Waals surface area contributed by atoms with Crippen molar-refractivity contribution in [1.29, 1.82) is 0 Å². The van der Waals surface area contributed by atoms with Gasteiger partial charge >= 0.3 is 0 Å². The molecule has 0 aliphatic rings. The van der Waals surface area contributed by atoms with Gasteiger partial charge < -0.3 is 9.88 Å². The van der Waals surface area contributed by atoms with E-state index in [0.717, 1.165) is 30.6 Å². The Hall–Kier alpha value is -1.95. The average Bonchev–Trinajstić information content (AvgIpc) is 2.85. The van der Waals surface area contributed by atoms with Gasteiger partial charge in [0.05, 0.1) is 18.5 Å². The fraction of sp³-hybridized carbons (Fsp3) is 0.333. The van der Waals surface area contributed by atoms with E-state index >= 15 is 0 Å². The van der Waals surface area contributed by atoms with Crippen molar-refractivity contribution in [3.8, 4) is 0 Å². The Kier molecular flexibility index (Phi) is 4.57. The fourth-order valence-corrected chi connectivity index (χ4v) is 2.83. The first kappa shape index (κ1) is 15.4. The lowest BCUT2D eigenvalue weighted by molar-refractivity contribution is 0.607. The molecule has 0 spiro atoms. The normalized spacial score (nSPS) is 11.4. The van der Waals surface area contributed by atoms with Crippen LogP contribution in [-0.2, 0) is 23.1 Å². The molecule has 2 N–H and O–H groups in total. The number of nitrogens with one attached hydrogen (secondary N) is 2. The Balaban J connectivity index is 2.07. The molecule has 1 heterocycles. The lowest BCUT2D eigenvalue weighted by Crippen LogP contribution is -2.11. The predicted octanol–water partition coefficient (Wildman–Crippen LogP) is 2.80. The number of sulfonamides is 1. The van der Waals surface area contributed by atoms with Gasteiger partial charge in [-0.3, -0.25) is 4.72 Å². The number of aryl methyl sites for hydroxylation is 2. The maximum absolute atomic E-state index is 11.3. The first-order valence-electron chi connectivity index (χ1n) is 6.85. The van der Waals surface area contributed by atoms with Crippen molar-refractivity contribution in [1.82, 2.24) is 4.57 Å². The van der Waals surface area contributed by atoms with Crippen LogP contribution in [0, 0.1) is 6.92 Å². The van der Waals surface area contributed by atoms with Crippen LogP contribution in [0.5, 0.6) is 0 Å². The zero-order valence-corrected chi connectivity index (χ0v) is 13.4. The van der Waals surface area contributed by atoms with Crippen LogP contribution in [0.2, 0.25) is 0 Å². The first-order chi connectivity index (χ1) is 9.89. The summed E-state index contributed by atoms with van der Waals surface area (Å²) >= 11 is 0. The molecule has 0 aliphatic carbocycles. The lowest BCUT2D eigenvalue weighted by atomic mass is 10.2. The Morgan fingerprint density at radius 3 is 2.62 bits per heavy atom. The highest BCUT2D eigenvalue weighted by Crippen LogP contribution is 2.21. The van der Waals surface area contributed by atoms with Crippen LogP contribution in [0.3, 0.4) is 0 Å². The van der Waals surface area contributed by atoms with Crippen LogP contribution >= 0.6 is 0 Å². The van der Waals surface area contributed by atoms with Crippen LogP contribution in [0.1, 0.15) is 18.2 Å². The van der Waals surface area contributed by atoms with E-state index in [1.54, 1.807) is 6.07 Å². The molecule has 0 saturated carbocycles. The Bertz CT molecular complexity index is 720. The van der Waals surface area contributed by atoms with Gasteiger partial charge in [0, 0.05) is 24.1 Å². The second-order valence-electron chi connectivity index (χ2n) is 5.04. The van der Waals surface area contributed by atoms with Crippen molar-refractivity contribution in [2.24, 2.45) is 0 Å². The van der Waals surface area contributed by atoms with E-state index in [-0.39, 0.29) is 0 Å². The summed E-state index contributed by atoms with van der Waals surface area (Å²) in [7, 11) is -3.24. The fourth-order valence-electron chi connectivity index (χ4n) is 2.20. The zero-order valence-electron chi connectivity index (χ0n) is 12.6. The molecule has 0 bridgehead atoms. The van der Waals surface area contributed by atoms with Gasteiger partial charge in [-0.2, -0.15) is 0 Å². The number of hydrogen-bond donors (Lipinski definition) is 2. The standard InChI is InChI=1S/C15H21N3O2S/c1-4-18-9-5-6-14(18)11-16-13-7-8-15(12(2)10-13)17-21(3,19)20/h5-10,16-17H,4,11H2,1-3H3. The van der Waals surface area contributed by atoms with Gasteiger partial charge in [0.1, 0.15) is 0 Å². The second-order valence-corrected chi connectivity index (χ2v) is 6.79. The molecule has 5 nitrogen and oxygen atoms in total. The summed E-state index contributed by atoms with van der Waals surface area (Å²) in [5, 5.41) is 3.35. The van der Waals surface area contributed by atoms with Crippen LogP contribution in [-0.4, -0.2) is 19.2 Å². The van der Waals surface area contributed by atoms with Crippen LogP contribution in [0.15, 0.2) is 36.5 Å². The molecule has 0 atom stereocenters. The van der Waals surface area contributed by atoms with Gasteiger partial charge in [-0.1, -0.05) is 0 Å². The van der Waals surface area contributed by atoms with E-state index in [0.29, 0.717) is 5.69 Å². The van der Waals surface area contributed by atoms with Crippen molar-refractivity contribution in [3.63, 3.8) is 0 Å². The number of nitrogens with zero attached hydrogens (tertiary/aromatic N) is 1. The third kappa shape index (κ3) is 4.26. The molecule has 0 unspecified atom stereocenters. The lowest BCUT2D eigenvalue weighted by Gasteiger charge is -2.12. The third-order valence-electron chi connectivity index (χ3n) is 3.26. The molecule has 2 rings (SSSR count). The van der Waals surface area contributed by atoms with Crippen molar-refractivity contribution >= 4 is 21.4 Å². The van der Waals surface area contributed by atoms with E-state index in [2.05, 4.69) is 33.8 Å². The molecule has 0 amide bonds. The minimum atomic E-state index is -3.24. The van der Waals surface area contributed by atoms with E-state index < -0.39 is 10.0 Å². The van der Waals surface area contributed by atoms with Gasteiger partial charge in [0.25, 0.3) is 0 Å². The molecule has 0 aliphatic heterocycles. The van der Waals surface area contributed by atoms with Crippen molar-refractivity contribution in [2.75, 3.05) is 16.3 Å². The quantitative estimate of drug-likeness (QED) is 0.862. The van der Waals surface area contributed by atoms with Gasteiger partial charge in [-0.25, -0.2) is 8.42 Å². The van der Waals surface area contributed by atoms with Crippen molar-refractivity contribution in [3.05, 3.63) is 47.8 Å². The predicted molar refractivity (Wildman–Crippen MR) is 87.1 cm³/mol. The molecular formula is C15H21N3O2S. The molecule has 0 radical (unpaired) electrons. The largest absolute Gasteiger partial charge is 0.379 e. The summed E-state index contributed by atoms with van der Waals surface area (Å²) in [5.41, 5.74) is 3.68. The highest BCUT2D eigenvalue weighted by atomic mass is 32.2. The van der Waals surface area contributed by atoms with Gasteiger partial charge in [0.15, 0.2) is 0 Å². The molecule has 0 saturated heterocycles. The Morgan fingerprint density at radius 1 is 1.24 bits per heavy atom. The summed E-state index contributed by atoms with van der Waals surface area (Å²) < 4.78 is 27.2. The van der Waals surface area contributed by atoms with Crippen LogP contribution in [0.4, 0.5) is 11.4 Å². The summed E-state index contributed by atoms with van der Waals surface area (Å²) in [6.45, 7) is 5.67. The molecule has 21 heavy (non-hydrogen) atoms. The molecule has 2 aromatic rings. The van der Waals surface area contributed by atoms with E-state index in [1.807, 2.05) is 25.1 Å². The van der Waals surface area contributed by atoms with Crippen molar-refractivity contribution in [2.45, 2.75) is 26.9 Å². The smallest absolute Gasteiger partial charge is 0.229 e. The molecule has 1 aromatic heterocycles. The number of rotatable bonds is 6. The SMILES string of the molecule is CCn1cccc1CNc1ccc(NS(C)(=O)=O)c(C)c1. The molecule has 0 fully saturated rings. The molecular weight excluding hydrogens is 286 g/mol. The topological polar surface area (TPSA) is 63.1 Å². The highest BCUT2D eigenvalue weighted by molar-refractivity contribution is 7.92. The Labute approximate surface area is 126 Å². The summed E-state index contributed by atoms with van der Waals surface area (Å²) in [4.78, 5) is 0. The third-order valence-corrected chi connectivity index (χ3v) is 3.85. The maximum Gasteiger partial charge on any atom is 0.229 e. The van der Waals surface area contributed by atoms with E-state index in [4.69, 9.17) is 0 Å². The number of aromatic nitrogens is 1. The maximum atomic E-state index is 11.3. The van der Waals surface area contributed by atoms with Gasteiger partial charge in [-0.05, 0) is 49.7 Å². The van der Waals surface area contributed by atoms with Gasteiger partial charge in [0.2, 0.25) is 10.0 Å². The highest BCUT2D eigenvalue weighted by Gasteiger charge is 2.06. The van der Waals surface area contributed by atoms with Gasteiger partial charge in [-0.15, -0.1) is 0 Å². The minimum absolute atomic E-state index is 0.611. The number of hydrogen-bond acceptors (Lipinski definition) is 3. The number of anilines is 2. The van der Waals surface area contributed by atoms with Crippen molar-refractivity contribution < 1.29 is 8.42 Å². The summed E-state index contributed by atoms with van der Waals surface area (Å²) in [6.07, 6.45) is 3.21. The first-order valence-corrected chi connectivity index (χ1v) is 8.74. The zero-order chi connectivity index (χ0) is 15.5. The van der Waals surface area contributed by atoms with E-state index in [1.165, 1.54) is 5.69 Å². The molecule has 114 valence electrons. The Morgan fingerprint density at radius 2 is 2.00 bits per heavy atom. The average molecular weight is 307 g/mol. The second kappa shape index (κ2) is 6.22. The van der Waals surface area contributed by atoms with Crippen LogP contribution < -0.4 is 10.0 Å². The summed E-state index contributed by atoms with van der Waals surface area (Å²) in [6, 6.07) is 9.71. The molecule has 1 aromatic carbocycles. The molecule has 6 heteroatoms. The monoisotopic (exact) mass is 307 g/mol.